The molecule has 0 aromatic heterocycles. The van der Waals surface area contributed by atoms with Crippen molar-refractivity contribution < 1.29 is 0 Å². The lowest BCUT2D eigenvalue weighted by Crippen LogP contribution is -2.37. The van der Waals surface area contributed by atoms with Crippen molar-refractivity contribution >= 4 is 0 Å². The fourth-order valence-corrected chi connectivity index (χ4v) is 1.98. The van der Waals surface area contributed by atoms with Gasteiger partial charge in [-0.15, -0.1) is 0 Å². The Labute approximate surface area is 106 Å². The Hall–Kier alpha value is -0.820. The maximum absolute atomic E-state index is 6.19. The zero-order chi connectivity index (χ0) is 13.1. The van der Waals surface area contributed by atoms with Gasteiger partial charge in [-0.05, 0) is 42.7 Å². The third-order valence-electron chi connectivity index (χ3n) is 3.17. The van der Waals surface area contributed by atoms with Crippen molar-refractivity contribution in [2.45, 2.75) is 59.4 Å². The van der Waals surface area contributed by atoms with Crippen LogP contribution in [0.1, 0.15) is 52.2 Å². The molecule has 0 aliphatic rings. The zero-order valence-corrected chi connectivity index (χ0v) is 12.0. The van der Waals surface area contributed by atoms with E-state index in [4.69, 9.17) is 5.73 Å². The molecule has 2 N–H and O–H groups in total. The van der Waals surface area contributed by atoms with Crippen LogP contribution in [0.5, 0.6) is 0 Å². The molecule has 0 radical (unpaired) electrons. The minimum Gasteiger partial charge on any atom is -0.325 e. The van der Waals surface area contributed by atoms with Crippen LogP contribution in [-0.2, 0) is 12.8 Å². The summed E-state index contributed by atoms with van der Waals surface area (Å²) in [7, 11) is 0. The highest BCUT2D eigenvalue weighted by Gasteiger charge is 2.16. The minimum atomic E-state index is -0.0778. The Kier molecular flexibility index (Phi) is 4.37. The second-order valence-corrected chi connectivity index (χ2v) is 6.74. The molecular weight excluding hydrogens is 206 g/mol. The van der Waals surface area contributed by atoms with Gasteiger partial charge < -0.3 is 5.73 Å². The van der Waals surface area contributed by atoms with Crippen molar-refractivity contribution in [3.8, 4) is 0 Å². The van der Waals surface area contributed by atoms with E-state index in [0.717, 1.165) is 19.3 Å². The van der Waals surface area contributed by atoms with Gasteiger partial charge in [0.1, 0.15) is 0 Å². The van der Waals surface area contributed by atoms with Crippen LogP contribution in [0.3, 0.4) is 0 Å². The van der Waals surface area contributed by atoms with Crippen LogP contribution >= 0.6 is 0 Å². The molecule has 96 valence electrons. The molecule has 0 spiro atoms. The van der Waals surface area contributed by atoms with Crippen molar-refractivity contribution in [2.75, 3.05) is 0 Å². The lowest BCUT2D eigenvalue weighted by atomic mass is 9.86. The van der Waals surface area contributed by atoms with E-state index in [1.54, 1.807) is 0 Å². The molecule has 0 amide bonds. The molecule has 0 heterocycles. The van der Waals surface area contributed by atoms with Gasteiger partial charge in [0.05, 0.1) is 0 Å². The van der Waals surface area contributed by atoms with Crippen LogP contribution in [-0.4, -0.2) is 5.54 Å². The van der Waals surface area contributed by atoms with E-state index in [0.29, 0.717) is 5.41 Å². The van der Waals surface area contributed by atoms with Gasteiger partial charge in [0, 0.05) is 5.54 Å². The molecule has 1 nitrogen and oxygen atoms in total. The van der Waals surface area contributed by atoms with E-state index in [1.165, 1.54) is 11.1 Å². The molecular formula is C16H27N. The molecule has 1 rings (SSSR count). The first-order valence-corrected chi connectivity index (χ1v) is 6.58. The maximum atomic E-state index is 6.19. The van der Waals surface area contributed by atoms with Crippen LogP contribution in [0, 0.1) is 5.41 Å². The first kappa shape index (κ1) is 14.2. The van der Waals surface area contributed by atoms with E-state index >= 15 is 0 Å². The molecule has 0 bridgehead atoms. The number of benzene rings is 1. The summed E-state index contributed by atoms with van der Waals surface area (Å²) in [4.78, 5) is 0. The quantitative estimate of drug-likeness (QED) is 0.837. The summed E-state index contributed by atoms with van der Waals surface area (Å²) in [6.07, 6.45) is 3.09. The summed E-state index contributed by atoms with van der Waals surface area (Å²) in [5.41, 5.74) is 9.22. The van der Waals surface area contributed by atoms with Crippen molar-refractivity contribution in [3.63, 3.8) is 0 Å². The molecule has 17 heavy (non-hydrogen) atoms. The summed E-state index contributed by atoms with van der Waals surface area (Å²) in [5.74, 6) is 0. The molecule has 1 atom stereocenters. The van der Waals surface area contributed by atoms with Crippen LogP contribution < -0.4 is 5.73 Å². The van der Waals surface area contributed by atoms with E-state index in [9.17, 15) is 0 Å². The molecule has 0 saturated heterocycles. The van der Waals surface area contributed by atoms with Crippen LogP contribution in [0.2, 0.25) is 0 Å². The van der Waals surface area contributed by atoms with Crippen LogP contribution in [0.4, 0.5) is 0 Å². The fraction of sp³-hybridized carbons (Fsp3) is 0.625. The molecule has 1 aromatic rings. The first-order valence-electron chi connectivity index (χ1n) is 6.58. The fourth-order valence-electron chi connectivity index (χ4n) is 1.98. The average Bonchev–Trinajstić information content (AvgIpc) is 2.19. The summed E-state index contributed by atoms with van der Waals surface area (Å²) < 4.78 is 0. The number of hydrogen-bond donors (Lipinski definition) is 1. The molecule has 1 unspecified atom stereocenters. The predicted octanol–water partition coefficient (Wildman–Crippen LogP) is 3.95. The number of hydrogen-bond acceptors (Lipinski definition) is 1. The first-order chi connectivity index (χ1) is 7.72. The standard InChI is InChI=1S/C16H27N/c1-6-16(5,17)12-14-9-7-13(8-10-14)11-15(2,3)4/h7-10H,6,11-12,17H2,1-5H3. The van der Waals surface area contributed by atoms with Gasteiger partial charge in [-0.25, -0.2) is 0 Å². The number of nitrogens with two attached hydrogens (primary N) is 1. The van der Waals surface area contributed by atoms with E-state index < -0.39 is 0 Å². The molecule has 0 aliphatic heterocycles. The second-order valence-electron chi connectivity index (χ2n) is 6.74. The Bertz CT molecular complexity index is 341. The van der Waals surface area contributed by atoms with Gasteiger partial charge in [0.15, 0.2) is 0 Å². The molecule has 1 aromatic carbocycles. The SMILES string of the molecule is CCC(C)(N)Cc1ccc(CC(C)(C)C)cc1. The predicted molar refractivity (Wildman–Crippen MR) is 76.2 cm³/mol. The molecule has 1 heteroatoms. The molecule has 0 aliphatic carbocycles. The summed E-state index contributed by atoms with van der Waals surface area (Å²) in [6, 6.07) is 8.93. The van der Waals surface area contributed by atoms with Gasteiger partial charge in [0.2, 0.25) is 0 Å². The highest BCUT2D eigenvalue weighted by molar-refractivity contribution is 5.24. The normalized spacial score (nSPS) is 15.6. The van der Waals surface area contributed by atoms with Crippen molar-refractivity contribution in [1.82, 2.24) is 0 Å². The summed E-state index contributed by atoms with van der Waals surface area (Å²) in [6.45, 7) is 11.1. The van der Waals surface area contributed by atoms with Gasteiger partial charge >= 0.3 is 0 Å². The zero-order valence-electron chi connectivity index (χ0n) is 12.0. The van der Waals surface area contributed by atoms with E-state index in [2.05, 4.69) is 58.9 Å². The lowest BCUT2D eigenvalue weighted by Gasteiger charge is -2.23. The van der Waals surface area contributed by atoms with Gasteiger partial charge in [0.25, 0.3) is 0 Å². The Balaban J connectivity index is 2.69. The van der Waals surface area contributed by atoms with E-state index in [1.807, 2.05) is 0 Å². The Morgan fingerprint density at radius 1 is 0.882 bits per heavy atom. The van der Waals surface area contributed by atoms with Gasteiger partial charge in [-0.1, -0.05) is 52.0 Å². The largest absolute Gasteiger partial charge is 0.325 e. The minimum absolute atomic E-state index is 0.0778. The summed E-state index contributed by atoms with van der Waals surface area (Å²) in [5, 5.41) is 0. The van der Waals surface area contributed by atoms with Crippen LogP contribution in [0.15, 0.2) is 24.3 Å². The highest BCUT2D eigenvalue weighted by atomic mass is 14.7. The average molecular weight is 233 g/mol. The topological polar surface area (TPSA) is 26.0 Å². The van der Waals surface area contributed by atoms with Gasteiger partial charge in [-0.3, -0.25) is 0 Å². The van der Waals surface area contributed by atoms with Crippen LogP contribution in [0.25, 0.3) is 0 Å². The smallest absolute Gasteiger partial charge is 0.0163 e. The van der Waals surface area contributed by atoms with E-state index in [-0.39, 0.29) is 5.54 Å². The highest BCUT2D eigenvalue weighted by Crippen LogP contribution is 2.21. The monoisotopic (exact) mass is 233 g/mol. The molecule has 0 saturated carbocycles. The Morgan fingerprint density at radius 3 is 1.65 bits per heavy atom. The Morgan fingerprint density at radius 2 is 1.29 bits per heavy atom. The van der Waals surface area contributed by atoms with Gasteiger partial charge in [-0.2, -0.15) is 0 Å². The van der Waals surface area contributed by atoms with Crippen molar-refractivity contribution in [1.29, 1.82) is 0 Å². The lowest BCUT2D eigenvalue weighted by molar-refractivity contribution is 0.411. The number of rotatable bonds is 4. The second kappa shape index (κ2) is 5.22. The van der Waals surface area contributed by atoms with Crippen molar-refractivity contribution in [2.24, 2.45) is 11.1 Å². The maximum Gasteiger partial charge on any atom is 0.0163 e. The third-order valence-corrected chi connectivity index (χ3v) is 3.17. The third kappa shape index (κ3) is 5.36. The summed E-state index contributed by atoms with van der Waals surface area (Å²) >= 11 is 0. The molecule has 0 fully saturated rings. The van der Waals surface area contributed by atoms with Crippen molar-refractivity contribution in [3.05, 3.63) is 35.4 Å².